The number of halogens is 1. The zero-order valence-corrected chi connectivity index (χ0v) is 12.7. The summed E-state index contributed by atoms with van der Waals surface area (Å²) in [5.74, 6) is 0. The van der Waals surface area contributed by atoms with E-state index in [2.05, 4.69) is 11.4 Å². The molecule has 5 heteroatoms. The zero-order valence-electron chi connectivity index (χ0n) is 11.9. The van der Waals surface area contributed by atoms with E-state index in [1.807, 2.05) is 12.1 Å². The Morgan fingerprint density at radius 2 is 2.00 bits per heavy atom. The molecule has 0 aliphatic rings. The highest BCUT2D eigenvalue weighted by atomic mass is 35.5. The van der Waals surface area contributed by atoms with Crippen LogP contribution in [-0.4, -0.2) is 11.7 Å². The summed E-state index contributed by atoms with van der Waals surface area (Å²) in [4.78, 5) is 11.8. The number of ether oxygens (including phenoxy) is 1. The lowest BCUT2D eigenvalue weighted by Crippen LogP contribution is -2.35. The number of amides is 1. The first-order valence-corrected chi connectivity index (χ1v) is 6.81. The highest BCUT2D eigenvalue weighted by Crippen LogP contribution is 2.21. The van der Waals surface area contributed by atoms with Gasteiger partial charge < -0.3 is 10.1 Å². The highest BCUT2D eigenvalue weighted by molar-refractivity contribution is 6.30. The lowest BCUT2D eigenvalue weighted by atomic mass is 10.0. The molecule has 4 nitrogen and oxygen atoms in total. The van der Waals surface area contributed by atoms with Crippen molar-refractivity contribution in [3.05, 3.63) is 34.9 Å². The summed E-state index contributed by atoms with van der Waals surface area (Å²) in [6, 6.07) is 9.00. The molecule has 0 aliphatic carbocycles. The van der Waals surface area contributed by atoms with E-state index in [1.54, 1.807) is 32.9 Å². The van der Waals surface area contributed by atoms with Crippen molar-refractivity contribution in [2.24, 2.45) is 0 Å². The number of hydrogen-bond donors (Lipinski definition) is 1. The van der Waals surface area contributed by atoms with E-state index in [0.29, 0.717) is 17.9 Å². The van der Waals surface area contributed by atoms with E-state index in [9.17, 15) is 4.79 Å². The molecular formula is C15H19ClN2O2. The minimum absolute atomic E-state index is 0.262. The van der Waals surface area contributed by atoms with E-state index in [-0.39, 0.29) is 6.04 Å². The molecule has 1 unspecified atom stereocenters. The van der Waals surface area contributed by atoms with Crippen molar-refractivity contribution in [1.29, 1.82) is 5.26 Å². The Morgan fingerprint density at radius 1 is 1.40 bits per heavy atom. The number of carbonyl (C=O) groups is 1. The van der Waals surface area contributed by atoms with Crippen molar-refractivity contribution in [2.75, 3.05) is 0 Å². The van der Waals surface area contributed by atoms with Crippen molar-refractivity contribution >= 4 is 17.7 Å². The molecule has 0 radical (unpaired) electrons. The van der Waals surface area contributed by atoms with Crippen LogP contribution >= 0.6 is 11.6 Å². The Kier molecular flexibility index (Phi) is 5.84. The van der Waals surface area contributed by atoms with Gasteiger partial charge >= 0.3 is 6.09 Å². The van der Waals surface area contributed by atoms with Gasteiger partial charge in [0.2, 0.25) is 0 Å². The van der Waals surface area contributed by atoms with Crippen LogP contribution in [0.15, 0.2) is 24.3 Å². The van der Waals surface area contributed by atoms with Crippen LogP contribution in [0.2, 0.25) is 5.02 Å². The Hall–Kier alpha value is -1.73. The average Bonchev–Trinajstić information content (AvgIpc) is 2.33. The normalized spacial score (nSPS) is 12.3. The van der Waals surface area contributed by atoms with Gasteiger partial charge in [-0.05, 0) is 44.9 Å². The van der Waals surface area contributed by atoms with Crippen molar-refractivity contribution in [1.82, 2.24) is 5.32 Å². The van der Waals surface area contributed by atoms with Crippen LogP contribution in [0, 0.1) is 11.3 Å². The Labute approximate surface area is 124 Å². The fraction of sp³-hybridized carbons (Fsp3) is 0.467. The second kappa shape index (κ2) is 7.16. The molecule has 20 heavy (non-hydrogen) atoms. The first-order chi connectivity index (χ1) is 9.31. The molecule has 0 heterocycles. The van der Waals surface area contributed by atoms with Crippen LogP contribution in [0.25, 0.3) is 0 Å². The Balaban J connectivity index is 2.77. The largest absolute Gasteiger partial charge is 0.444 e. The summed E-state index contributed by atoms with van der Waals surface area (Å²) in [6.45, 7) is 5.41. The number of rotatable bonds is 4. The van der Waals surface area contributed by atoms with Crippen molar-refractivity contribution in [3.8, 4) is 6.07 Å². The molecule has 1 aromatic rings. The van der Waals surface area contributed by atoms with E-state index >= 15 is 0 Å². The molecule has 0 saturated heterocycles. The number of nitrogens with zero attached hydrogens (tertiary/aromatic N) is 1. The first kappa shape index (κ1) is 16.3. The predicted octanol–water partition coefficient (Wildman–Crippen LogP) is 4.21. The summed E-state index contributed by atoms with van der Waals surface area (Å²) in [6.07, 6.45) is 0.385. The first-order valence-electron chi connectivity index (χ1n) is 6.44. The van der Waals surface area contributed by atoms with Gasteiger partial charge in [-0.1, -0.05) is 23.7 Å². The number of benzene rings is 1. The van der Waals surface area contributed by atoms with Gasteiger partial charge in [0.05, 0.1) is 12.1 Å². The van der Waals surface area contributed by atoms with Crippen LogP contribution in [0.3, 0.4) is 0 Å². The molecule has 1 aromatic carbocycles. The highest BCUT2D eigenvalue weighted by Gasteiger charge is 2.20. The van der Waals surface area contributed by atoms with Crippen LogP contribution in [-0.2, 0) is 4.74 Å². The van der Waals surface area contributed by atoms with Gasteiger partial charge in [-0.2, -0.15) is 5.26 Å². The van der Waals surface area contributed by atoms with E-state index in [0.717, 1.165) is 5.56 Å². The van der Waals surface area contributed by atoms with Gasteiger partial charge in [0.25, 0.3) is 0 Å². The van der Waals surface area contributed by atoms with Crippen molar-refractivity contribution in [3.63, 3.8) is 0 Å². The van der Waals surface area contributed by atoms with Gasteiger partial charge in [-0.15, -0.1) is 0 Å². The lowest BCUT2D eigenvalue weighted by molar-refractivity contribution is 0.0501. The number of nitrogens with one attached hydrogen (secondary N) is 1. The zero-order chi connectivity index (χ0) is 15.2. The fourth-order valence-electron chi connectivity index (χ4n) is 1.68. The summed E-state index contributed by atoms with van der Waals surface area (Å²) >= 11 is 5.85. The minimum Gasteiger partial charge on any atom is -0.444 e. The van der Waals surface area contributed by atoms with Gasteiger partial charge in [0, 0.05) is 11.4 Å². The Bertz CT molecular complexity index is 486. The molecule has 0 aliphatic heterocycles. The summed E-state index contributed by atoms with van der Waals surface area (Å²) < 4.78 is 5.23. The van der Waals surface area contributed by atoms with Gasteiger partial charge in [0.1, 0.15) is 5.60 Å². The molecule has 108 valence electrons. The quantitative estimate of drug-likeness (QED) is 0.905. The monoisotopic (exact) mass is 294 g/mol. The molecule has 0 bridgehead atoms. The van der Waals surface area contributed by atoms with E-state index < -0.39 is 11.7 Å². The smallest absolute Gasteiger partial charge is 0.408 e. The maximum atomic E-state index is 11.8. The molecule has 1 amide bonds. The van der Waals surface area contributed by atoms with Crippen LogP contribution in [0.5, 0.6) is 0 Å². The third kappa shape index (κ3) is 5.94. The average molecular weight is 295 g/mol. The molecule has 0 spiro atoms. The minimum atomic E-state index is -0.552. The van der Waals surface area contributed by atoms with E-state index in [4.69, 9.17) is 21.6 Å². The van der Waals surface area contributed by atoms with Crippen LogP contribution < -0.4 is 5.32 Å². The van der Waals surface area contributed by atoms with Gasteiger partial charge in [-0.25, -0.2) is 4.79 Å². The molecule has 1 atom stereocenters. The number of alkyl carbamates (subject to hydrolysis) is 1. The third-order valence-electron chi connectivity index (χ3n) is 2.51. The predicted molar refractivity (Wildman–Crippen MR) is 78.4 cm³/mol. The summed E-state index contributed by atoms with van der Waals surface area (Å²) in [5, 5.41) is 12.1. The standard InChI is InChI=1S/C15H19ClN2O2/c1-15(2,3)20-14(19)18-13(5-4-10-17)11-6-8-12(16)9-7-11/h6-9,13H,4-5H2,1-3H3,(H,18,19). The van der Waals surface area contributed by atoms with Gasteiger partial charge in [-0.3, -0.25) is 0 Å². The lowest BCUT2D eigenvalue weighted by Gasteiger charge is -2.23. The third-order valence-corrected chi connectivity index (χ3v) is 2.76. The van der Waals surface area contributed by atoms with Crippen molar-refractivity contribution < 1.29 is 9.53 Å². The maximum absolute atomic E-state index is 11.8. The van der Waals surface area contributed by atoms with E-state index in [1.165, 1.54) is 0 Å². The van der Waals surface area contributed by atoms with Crippen LogP contribution in [0.4, 0.5) is 4.79 Å². The van der Waals surface area contributed by atoms with Crippen molar-refractivity contribution in [2.45, 2.75) is 45.3 Å². The second-order valence-corrected chi connectivity index (χ2v) is 5.88. The topological polar surface area (TPSA) is 62.1 Å². The SMILES string of the molecule is CC(C)(C)OC(=O)NC(CCC#N)c1ccc(Cl)cc1. The Morgan fingerprint density at radius 3 is 2.50 bits per heavy atom. The summed E-state index contributed by atoms with van der Waals surface area (Å²) in [7, 11) is 0. The van der Waals surface area contributed by atoms with Crippen LogP contribution in [0.1, 0.15) is 45.2 Å². The molecule has 1 rings (SSSR count). The number of nitriles is 1. The molecule has 0 saturated carbocycles. The molecular weight excluding hydrogens is 276 g/mol. The number of hydrogen-bond acceptors (Lipinski definition) is 3. The van der Waals surface area contributed by atoms with Gasteiger partial charge in [0.15, 0.2) is 0 Å². The molecule has 0 fully saturated rings. The molecule has 1 N–H and O–H groups in total. The second-order valence-electron chi connectivity index (χ2n) is 5.45. The fourth-order valence-corrected chi connectivity index (χ4v) is 1.80. The summed E-state index contributed by atoms with van der Waals surface area (Å²) in [5.41, 5.74) is 0.347. The maximum Gasteiger partial charge on any atom is 0.408 e. The number of carbonyl (C=O) groups excluding carboxylic acids is 1. The molecule has 0 aromatic heterocycles.